The summed E-state index contributed by atoms with van der Waals surface area (Å²) < 4.78 is 26.7. The van der Waals surface area contributed by atoms with E-state index in [1.807, 2.05) is 11.6 Å². The zero-order valence-electron chi connectivity index (χ0n) is 16.0. The third kappa shape index (κ3) is 7.43. The van der Waals surface area contributed by atoms with E-state index in [0.29, 0.717) is 13.1 Å². The molecule has 8 nitrogen and oxygen atoms in total. The molecule has 1 rings (SSSR count). The van der Waals surface area contributed by atoms with Crippen molar-refractivity contribution in [3.05, 3.63) is 17.5 Å². The summed E-state index contributed by atoms with van der Waals surface area (Å²) >= 11 is 0. The molecule has 0 aliphatic rings. The van der Waals surface area contributed by atoms with Gasteiger partial charge in [-0.3, -0.25) is 9.67 Å². The molecule has 2 N–H and O–H groups in total. The smallest absolute Gasteiger partial charge is 0.213 e. The molecular weight excluding hydrogens is 340 g/mol. The summed E-state index contributed by atoms with van der Waals surface area (Å²) in [5, 5.41) is 10.9. The summed E-state index contributed by atoms with van der Waals surface area (Å²) in [5.74, 6) is 0.865. The van der Waals surface area contributed by atoms with Crippen molar-refractivity contribution < 1.29 is 8.42 Å². The molecule has 0 atom stereocenters. The predicted molar refractivity (Wildman–Crippen MR) is 102 cm³/mol. The highest BCUT2D eigenvalue weighted by Crippen LogP contribution is 2.02. The van der Waals surface area contributed by atoms with Gasteiger partial charge in [0.25, 0.3) is 0 Å². The van der Waals surface area contributed by atoms with Crippen molar-refractivity contribution in [2.24, 2.45) is 4.99 Å². The van der Waals surface area contributed by atoms with E-state index < -0.39 is 10.0 Å². The first-order valence-electron chi connectivity index (χ1n) is 8.69. The molecule has 144 valence electrons. The van der Waals surface area contributed by atoms with Crippen molar-refractivity contribution in [2.75, 3.05) is 39.5 Å². The zero-order chi connectivity index (χ0) is 18.9. The maximum absolute atomic E-state index is 11.7. The van der Waals surface area contributed by atoms with E-state index in [1.165, 1.54) is 10.00 Å². The van der Waals surface area contributed by atoms with Crippen molar-refractivity contribution in [3.63, 3.8) is 0 Å². The number of rotatable bonds is 10. The van der Waals surface area contributed by atoms with Gasteiger partial charge in [0.2, 0.25) is 10.0 Å². The van der Waals surface area contributed by atoms with Gasteiger partial charge in [-0.15, -0.1) is 0 Å². The topological polar surface area (TPSA) is 91.6 Å². The Labute approximate surface area is 151 Å². The van der Waals surface area contributed by atoms with Crippen LogP contribution in [0.5, 0.6) is 0 Å². The van der Waals surface area contributed by atoms with Crippen LogP contribution >= 0.6 is 0 Å². The molecule has 0 aromatic carbocycles. The molecule has 0 spiro atoms. The molecule has 0 radical (unpaired) electrons. The molecule has 0 bridgehead atoms. The summed E-state index contributed by atoms with van der Waals surface area (Å²) in [6.07, 6.45) is 1.67. The van der Waals surface area contributed by atoms with E-state index in [0.717, 1.165) is 37.6 Å². The molecule has 0 saturated carbocycles. The number of aryl methyl sites for hydroxylation is 3. The molecule has 0 amide bonds. The van der Waals surface area contributed by atoms with Gasteiger partial charge in [-0.2, -0.15) is 5.10 Å². The lowest BCUT2D eigenvalue weighted by molar-refractivity contribution is 0.461. The maximum Gasteiger partial charge on any atom is 0.213 e. The quantitative estimate of drug-likeness (QED) is 0.359. The lowest BCUT2D eigenvalue weighted by Crippen LogP contribution is -2.39. The Morgan fingerprint density at radius 3 is 2.44 bits per heavy atom. The number of guanidine groups is 1. The molecule has 1 aromatic rings. The van der Waals surface area contributed by atoms with Gasteiger partial charge in [0.1, 0.15) is 0 Å². The lowest BCUT2D eigenvalue weighted by Gasteiger charge is -2.17. The number of nitrogens with one attached hydrogen (secondary N) is 2. The Hall–Kier alpha value is -1.61. The minimum Gasteiger partial charge on any atom is -0.356 e. The molecule has 0 aliphatic heterocycles. The fraction of sp³-hybridized carbons (Fsp3) is 0.750. The number of aromatic nitrogens is 2. The number of hydrogen-bond donors (Lipinski definition) is 2. The molecule has 9 heteroatoms. The second kappa shape index (κ2) is 10.4. The van der Waals surface area contributed by atoms with Crippen LogP contribution in [0.4, 0.5) is 0 Å². The Balaban J connectivity index is 2.21. The van der Waals surface area contributed by atoms with Crippen molar-refractivity contribution in [1.82, 2.24) is 24.7 Å². The average molecular weight is 373 g/mol. The maximum atomic E-state index is 11.7. The highest BCUT2D eigenvalue weighted by atomic mass is 32.2. The number of hydrogen-bond acceptors (Lipinski definition) is 4. The average Bonchev–Trinajstić information content (AvgIpc) is 2.90. The van der Waals surface area contributed by atoms with E-state index in [4.69, 9.17) is 0 Å². The van der Waals surface area contributed by atoms with Crippen LogP contribution in [0.1, 0.15) is 31.2 Å². The first-order valence-corrected chi connectivity index (χ1v) is 10.3. The monoisotopic (exact) mass is 372 g/mol. The van der Waals surface area contributed by atoms with Crippen LogP contribution < -0.4 is 10.6 Å². The van der Waals surface area contributed by atoms with Crippen molar-refractivity contribution >= 4 is 16.0 Å². The molecule has 0 unspecified atom stereocenters. The second-order valence-electron chi connectivity index (χ2n) is 6.01. The van der Waals surface area contributed by atoms with Gasteiger partial charge in [-0.25, -0.2) is 12.7 Å². The van der Waals surface area contributed by atoms with Gasteiger partial charge in [0.05, 0.1) is 11.4 Å². The number of aliphatic imine (C=N–C) groups is 1. The van der Waals surface area contributed by atoms with E-state index in [2.05, 4.69) is 33.7 Å². The Morgan fingerprint density at radius 2 is 1.92 bits per heavy atom. The fourth-order valence-electron chi connectivity index (χ4n) is 2.43. The van der Waals surface area contributed by atoms with E-state index in [1.54, 1.807) is 21.0 Å². The van der Waals surface area contributed by atoms with Gasteiger partial charge < -0.3 is 10.6 Å². The predicted octanol–water partition coefficient (Wildman–Crippen LogP) is 0.727. The summed E-state index contributed by atoms with van der Waals surface area (Å²) in [7, 11) is 0.243. The molecule has 0 saturated heterocycles. The van der Waals surface area contributed by atoms with Crippen molar-refractivity contribution in [3.8, 4) is 0 Å². The van der Waals surface area contributed by atoms with Crippen LogP contribution in [-0.4, -0.2) is 67.9 Å². The minimum absolute atomic E-state index is 0.134. The Morgan fingerprint density at radius 1 is 1.28 bits per heavy atom. The first kappa shape index (κ1) is 21.4. The van der Waals surface area contributed by atoms with Gasteiger partial charge in [0.15, 0.2) is 5.96 Å². The second-order valence-corrected chi connectivity index (χ2v) is 8.37. The molecule has 1 heterocycles. The van der Waals surface area contributed by atoms with Gasteiger partial charge in [-0.1, -0.05) is 0 Å². The van der Waals surface area contributed by atoms with E-state index in [9.17, 15) is 8.42 Å². The summed E-state index contributed by atoms with van der Waals surface area (Å²) in [6.45, 7) is 8.53. The normalized spacial score (nSPS) is 12.6. The lowest BCUT2D eigenvalue weighted by atomic mass is 10.4. The van der Waals surface area contributed by atoms with Gasteiger partial charge in [0, 0.05) is 46.0 Å². The van der Waals surface area contributed by atoms with Crippen LogP contribution in [0.2, 0.25) is 0 Å². The molecule has 1 aromatic heterocycles. The van der Waals surface area contributed by atoms with Crippen LogP contribution in [0.25, 0.3) is 0 Å². The Bertz CT molecular complexity index is 654. The first-order chi connectivity index (χ1) is 11.8. The van der Waals surface area contributed by atoms with Crippen LogP contribution in [0, 0.1) is 13.8 Å². The largest absolute Gasteiger partial charge is 0.356 e. The highest BCUT2D eigenvalue weighted by molar-refractivity contribution is 7.89. The minimum atomic E-state index is -3.10. The fourth-order valence-corrected chi connectivity index (χ4v) is 3.27. The van der Waals surface area contributed by atoms with Crippen molar-refractivity contribution in [1.29, 1.82) is 0 Å². The molecule has 0 fully saturated rings. The Kier molecular flexibility index (Phi) is 8.91. The van der Waals surface area contributed by atoms with Crippen LogP contribution in [0.3, 0.4) is 0 Å². The number of nitrogens with zero attached hydrogens (tertiary/aromatic N) is 4. The zero-order valence-corrected chi connectivity index (χ0v) is 16.9. The third-order valence-corrected chi connectivity index (χ3v) is 5.81. The number of sulfonamides is 1. The summed E-state index contributed by atoms with van der Waals surface area (Å²) in [6, 6.07) is 2.07. The van der Waals surface area contributed by atoms with Gasteiger partial charge >= 0.3 is 0 Å². The third-order valence-electron chi connectivity index (χ3n) is 3.95. The van der Waals surface area contributed by atoms with Crippen LogP contribution in [-0.2, 0) is 16.6 Å². The van der Waals surface area contributed by atoms with E-state index in [-0.39, 0.29) is 5.75 Å². The van der Waals surface area contributed by atoms with Gasteiger partial charge in [-0.05, 0) is 39.7 Å². The van der Waals surface area contributed by atoms with Crippen molar-refractivity contribution in [2.45, 2.75) is 40.2 Å². The van der Waals surface area contributed by atoms with Crippen LogP contribution in [0.15, 0.2) is 11.1 Å². The molecule has 0 aliphatic carbocycles. The summed E-state index contributed by atoms with van der Waals surface area (Å²) in [5.41, 5.74) is 2.21. The molecule has 25 heavy (non-hydrogen) atoms. The molecular formula is C16H32N6O2S. The SMILES string of the molecule is CCS(=O)(=O)N(C)CCCNC(=NC)NCCCn1nc(C)cc1C. The summed E-state index contributed by atoms with van der Waals surface area (Å²) in [4.78, 5) is 4.18. The standard InChI is InChI=1S/C16H32N6O2S/c1-6-25(23,24)21(5)11-7-9-18-16(17-4)19-10-8-12-22-15(3)13-14(2)20-22/h13H,6-12H2,1-5H3,(H2,17,18,19). The highest BCUT2D eigenvalue weighted by Gasteiger charge is 2.13. The van der Waals surface area contributed by atoms with E-state index >= 15 is 0 Å².